The molecule has 0 amide bonds. The number of hydrogen-bond acceptors (Lipinski definition) is 2. The third-order valence-electron chi connectivity index (χ3n) is 5.14. The van der Waals surface area contributed by atoms with Crippen LogP contribution in [0.2, 0.25) is 0 Å². The van der Waals surface area contributed by atoms with Crippen molar-refractivity contribution in [3.8, 4) is 0 Å². The summed E-state index contributed by atoms with van der Waals surface area (Å²) < 4.78 is 0. The lowest BCUT2D eigenvalue weighted by atomic mass is 9.73. The second kappa shape index (κ2) is 5.20. The van der Waals surface area contributed by atoms with Crippen LogP contribution in [0.15, 0.2) is 42.5 Å². The molecule has 124 valence electrons. The Labute approximate surface area is 140 Å². The average Bonchev–Trinajstić information content (AvgIpc) is 2.74. The third-order valence-corrected chi connectivity index (χ3v) is 5.14. The zero-order valence-electron chi connectivity index (χ0n) is 14.0. The molecule has 3 rings (SSSR count). The highest BCUT2D eigenvalue weighted by Gasteiger charge is 2.46. The highest BCUT2D eigenvalue weighted by Crippen LogP contribution is 2.53. The van der Waals surface area contributed by atoms with Gasteiger partial charge >= 0.3 is 11.9 Å². The maximum Gasteiger partial charge on any atom is 0.336 e. The van der Waals surface area contributed by atoms with Gasteiger partial charge in [-0.3, -0.25) is 0 Å². The van der Waals surface area contributed by atoms with Crippen molar-refractivity contribution in [3.63, 3.8) is 0 Å². The van der Waals surface area contributed by atoms with E-state index < -0.39 is 17.4 Å². The quantitative estimate of drug-likeness (QED) is 0.892. The SMILES string of the molecule is CC1(C)CC(C)(c2ccc(C(=O)O)cc2C(=O)O)c2ccccc21. The Morgan fingerprint density at radius 2 is 1.50 bits per heavy atom. The molecule has 0 heterocycles. The molecule has 0 fully saturated rings. The zero-order valence-corrected chi connectivity index (χ0v) is 14.0. The Morgan fingerprint density at radius 3 is 2.08 bits per heavy atom. The Bertz CT molecular complexity index is 850. The Balaban J connectivity index is 2.26. The molecule has 0 spiro atoms. The molecule has 0 saturated heterocycles. The lowest BCUT2D eigenvalue weighted by Gasteiger charge is -2.30. The molecule has 1 unspecified atom stereocenters. The van der Waals surface area contributed by atoms with E-state index in [0.717, 1.165) is 12.0 Å². The molecule has 2 N–H and O–H groups in total. The van der Waals surface area contributed by atoms with Crippen molar-refractivity contribution in [2.24, 2.45) is 0 Å². The molecular formula is C20H20O4. The lowest BCUT2D eigenvalue weighted by molar-refractivity contribution is 0.0694. The minimum Gasteiger partial charge on any atom is -0.478 e. The topological polar surface area (TPSA) is 74.6 Å². The van der Waals surface area contributed by atoms with Gasteiger partial charge in [0, 0.05) is 5.41 Å². The van der Waals surface area contributed by atoms with Crippen LogP contribution < -0.4 is 0 Å². The summed E-state index contributed by atoms with van der Waals surface area (Å²) in [6.07, 6.45) is 0.770. The smallest absolute Gasteiger partial charge is 0.336 e. The number of carboxylic acid groups (broad SMARTS) is 2. The van der Waals surface area contributed by atoms with Crippen molar-refractivity contribution in [3.05, 3.63) is 70.3 Å². The maximum atomic E-state index is 11.8. The summed E-state index contributed by atoms with van der Waals surface area (Å²) in [6.45, 7) is 6.36. The van der Waals surface area contributed by atoms with Crippen molar-refractivity contribution in [1.82, 2.24) is 0 Å². The number of rotatable bonds is 3. The molecule has 1 aliphatic rings. The normalized spacial score (nSPS) is 21.3. The molecule has 2 aromatic rings. The molecule has 1 atom stereocenters. The van der Waals surface area contributed by atoms with Gasteiger partial charge in [0.15, 0.2) is 0 Å². The zero-order chi connectivity index (χ0) is 17.7. The molecule has 0 radical (unpaired) electrons. The summed E-state index contributed by atoms with van der Waals surface area (Å²) in [5.74, 6) is -2.22. The van der Waals surface area contributed by atoms with Crippen molar-refractivity contribution >= 4 is 11.9 Å². The average molecular weight is 324 g/mol. The van der Waals surface area contributed by atoms with Gasteiger partial charge in [0.25, 0.3) is 0 Å². The number of hydrogen-bond donors (Lipinski definition) is 2. The predicted octanol–water partition coefficient (Wildman–Crippen LogP) is 4.07. The summed E-state index contributed by atoms with van der Waals surface area (Å²) in [4.78, 5) is 23.0. The van der Waals surface area contributed by atoms with Crippen LogP contribution in [-0.2, 0) is 10.8 Å². The highest BCUT2D eigenvalue weighted by molar-refractivity contribution is 5.95. The summed E-state index contributed by atoms with van der Waals surface area (Å²) in [6, 6.07) is 12.5. The van der Waals surface area contributed by atoms with Gasteiger partial charge in [0.1, 0.15) is 0 Å². The Morgan fingerprint density at radius 1 is 0.875 bits per heavy atom. The molecule has 24 heavy (non-hydrogen) atoms. The van der Waals surface area contributed by atoms with Crippen LogP contribution in [0.25, 0.3) is 0 Å². The summed E-state index contributed by atoms with van der Waals surface area (Å²) in [7, 11) is 0. The molecule has 2 aromatic carbocycles. The van der Waals surface area contributed by atoms with Gasteiger partial charge in [-0.1, -0.05) is 51.1 Å². The van der Waals surface area contributed by atoms with Gasteiger partial charge in [0.2, 0.25) is 0 Å². The van der Waals surface area contributed by atoms with Crippen molar-refractivity contribution < 1.29 is 19.8 Å². The second-order valence-corrected chi connectivity index (χ2v) is 7.31. The van der Waals surface area contributed by atoms with E-state index in [-0.39, 0.29) is 16.5 Å². The molecule has 4 heteroatoms. The fourth-order valence-electron chi connectivity index (χ4n) is 4.20. The first-order valence-electron chi connectivity index (χ1n) is 7.88. The molecule has 0 bridgehead atoms. The number of carboxylic acids is 2. The van der Waals surface area contributed by atoms with Crippen LogP contribution >= 0.6 is 0 Å². The van der Waals surface area contributed by atoms with Crippen molar-refractivity contribution in [1.29, 1.82) is 0 Å². The van der Waals surface area contributed by atoms with E-state index in [1.807, 2.05) is 25.1 Å². The van der Waals surface area contributed by atoms with Gasteiger partial charge in [-0.05, 0) is 40.7 Å². The molecular weight excluding hydrogens is 304 g/mol. The van der Waals surface area contributed by atoms with Crippen LogP contribution in [0, 0.1) is 0 Å². The monoisotopic (exact) mass is 324 g/mol. The first-order chi connectivity index (χ1) is 11.2. The number of carbonyl (C=O) groups is 2. The van der Waals surface area contributed by atoms with Gasteiger partial charge < -0.3 is 10.2 Å². The highest BCUT2D eigenvalue weighted by atomic mass is 16.4. The number of fused-ring (bicyclic) bond motifs is 1. The fraction of sp³-hybridized carbons (Fsp3) is 0.300. The van der Waals surface area contributed by atoms with E-state index in [0.29, 0.717) is 5.56 Å². The van der Waals surface area contributed by atoms with Crippen LogP contribution in [0.4, 0.5) is 0 Å². The fourth-order valence-corrected chi connectivity index (χ4v) is 4.20. The Hall–Kier alpha value is -2.62. The minimum atomic E-state index is -1.12. The van der Waals surface area contributed by atoms with Crippen LogP contribution in [0.5, 0.6) is 0 Å². The molecule has 4 nitrogen and oxygen atoms in total. The number of benzene rings is 2. The van der Waals surface area contributed by atoms with E-state index in [4.69, 9.17) is 5.11 Å². The standard InChI is InChI=1S/C20H20O4/c1-19(2)11-20(3,16-7-5-4-6-15(16)19)14-9-8-12(17(21)22)10-13(14)18(23)24/h4-10H,11H2,1-3H3,(H,21,22)(H,23,24). The molecule has 0 saturated carbocycles. The molecule has 1 aliphatic carbocycles. The summed E-state index contributed by atoms with van der Waals surface area (Å²) in [5, 5.41) is 18.8. The number of aromatic carboxylic acids is 2. The summed E-state index contributed by atoms with van der Waals surface area (Å²) >= 11 is 0. The first-order valence-corrected chi connectivity index (χ1v) is 7.88. The van der Waals surface area contributed by atoms with Gasteiger partial charge in [0.05, 0.1) is 11.1 Å². The minimum absolute atomic E-state index is 0.00899. The largest absolute Gasteiger partial charge is 0.478 e. The first kappa shape index (κ1) is 16.2. The Kier molecular flexibility index (Phi) is 3.52. The maximum absolute atomic E-state index is 11.8. The van der Waals surface area contributed by atoms with E-state index in [9.17, 15) is 14.7 Å². The van der Waals surface area contributed by atoms with E-state index in [1.54, 1.807) is 6.07 Å². The van der Waals surface area contributed by atoms with E-state index >= 15 is 0 Å². The molecule has 0 aromatic heterocycles. The third kappa shape index (κ3) is 2.30. The molecule has 0 aliphatic heterocycles. The predicted molar refractivity (Wildman–Crippen MR) is 90.9 cm³/mol. The van der Waals surface area contributed by atoms with Gasteiger partial charge in [-0.15, -0.1) is 0 Å². The van der Waals surface area contributed by atoms with E-state index in [1.165, 1.54) is 17.7 Å². The van der Waals surface area contributed by atoms with Crippen LogP contribution in [0.3, 0.4) is 0 Å². The summed E-state index contributed by atoms with van der Waals surface area (Å²) in [5.41, 5.74) is 2.50. The van der Waals surface area contributed by atoms with Crippen LogP contribution in [0.1, 0.15) is 64.6 Å². The van der Waals surface area contributed by atoms with Gasteiger partial charge in [-0.2, -0.15) is 0 Å². The van der Waals surface area contributed by atoms with Crippen LogP contribution in [-0.4, -0.2) is 22.2 Å². The second-order valence-electron chi connectivity index (χ2n) is 7.31. The van der Waals surface area contributed by atoms with Crippen molar-refractivity contribution in [2.45, 2.75) is 38.0 Å². The lowest BCUT2D eigenvalue weighted by Crippen LogP contribution is -2.26. The van der Waals surface area contributed by atoms with E-state index in [2.05, 4.69) is 19.9 Å². The van der Waals surface area contributed by atoms with Crippen molar-refractivity contribution in [2.75, 3.05) is 0 Å². The van der Waals surface area contributed by atoms with Gasteiger partial charge in [-0.25, -0.2) is 9.59 Å².